The number of nitrogens with zero attached hydrogens (tertiary/aromatic N) is 1. The number of rotatable bonds is 64. The smallest absolute Gasteiger partial charge is 0.306 e. The summed E-state index contributed by atoms with van der Waals surface area (Å²) in [7, 11) is 1.20. The average molecular weight is 1140 g/mol. The Balaban J connectivity index is 4.92. The molecule has 3 atom stereocenters. The highest BCUT2D eigenvalue weighted by Crippen LogP contribution is 2.38. The number of ether oxygens (including phenoxy) is 1. The summed E-state index contributed by atoms with van der Waals surface area (Å²) in [6, 6.07) is -0.884. The fourth-order valence-electron chi connectivity index (χ4n) is 10.5. The van der Waals surface area contributed by atoms with Crippen molar-refractivity contribution in [2.24, 2.45) is 0 Å². The van der Waals surface area contributed by atoms with Crippen LogP contribution in [0.3, 0.4) is 0 Å². The molecule has 0 aromatic rings. The van der Waals surface area contributed by atoms with E-state index in [1.165, 1.54) is 250 Å². The lowest BCUT2D eigenvalue weighted by Crippen LogP contribution is -2.47. The Morgan fingerprint density at radius 2 is 0.734 bits per heavy atom. The van der Waals surface area contributed by atoms with Gasteiger partial charge in [0.05, 0.1) is 33.8 Å². The van der Waals surface area contributed by atoms with Crippen molar-refractivity contribution in [1.29, 1.82) is 0 Å². The number of likely N-dealkylation sites (N-methyl/N-ethyl adjacent to an activating group) is 1. The van der Waals surface area contributed by atoms with E-state index in [2.05, 4.69) is 38.2 Å². The summed E-state index contributed by atoms with van der Waals surface area (Å²) >= 11 is 0. The van der Waals surface area contributed by atoms with Crippen LogP contribution in [0, 0.1) is 0 Å². The van der Waals surface area contributed by atoms with Gasteiger partial charge in [0.1, 0.15) is 19.3 Å². The van der Waals surface area contributed by atoms with E-state index in [1.54, 1.807) is 0 Å². The molecule has 0 rings (SSSR count). The van der Waals surface area contributed by atoms with Gasteiger partial charge in [0.15, 0.2) is 0 Å². The Bertz CT molecular complexity index is 1400. The van der Waals surface area contributed by atoms with E-state index in [9.17, 15) is 19.0 Å². The third-order valence-electron chi connectivity index (χ3n) is 15.9. The molecule has 0 aromatic heterocycles. The van der Waals surface area contributed by atoms with Crippen molar-refractivity contribution in [3.05, 3.63) is 24.3 Å². The van der Waals surface area contributed by atoms with Crippen LogP contribution in [0.4, 0.5) is 0 Å². The maximum Gasteiger partial charge on any atom is 0.306 e. The lowest BCUT2D eigenvalue weighted by molar-refractivity contribution is -0.870. The number of nitrogens with one attached hydrogen (secondary N) is 1. The fraction of sp³-hybridized carbons (Fsp3) is 0.913. The first-order valence-electron chi connectivity index (χ1n) is 34.6. The molecule has 468 valence electrons. The molecule has 0 heterocycles. The molecular weight excluding hydrogens is 1000 g/mol. The molecule has 0 aliphatic rings. The van der Waals surface area contributed by atoms with Gasteiger partial charge in [-0.3, -0.25) is 14.2 Å². The summed E-state index contributed by atoms with van der Waals surface area (Å²) in [4.78, 5) is 40.0. The summed E-state index contributed by atoms with van der Waals surface area (Å²) in [6.07, 6.45) is 71.7. The van der Waals surface area contributed by atoms with Crippen LogP contribution in [0.1, 0.15) is 355 Å². The zero-order chi connectivity index (χ0) is 57.9. The van der Waals surface area contributed by atoms with Crippen LogP contribution in [-0.4, -0.2) is 69.4 Å². The number of esters is 1. The van der Waals surface area contributed by atoms with Gasteiger partial charge in [-0.2, -0.15) is 0 Å². The number of phosphoric ester groups is 1. The molecule has 0 aliphatic carbocycles. The molecule has 10 heteroatoms. The van der Waals surface area contributed by atoms with Gasteiger partial charge in [-0.1, -0.05) is 309 Å². The lowest BCUT2D eigenvalue weighted by atomic mass is 10.0. The molecule has 0 spiro atoms. The average Bonchev–Trinajstić information content (AvgIpc) is 3.41. The second kappa shape index (κ2) is 59.6. The van der Waals surface area contributed by atoms with Crippen molar-refractivity contribution >= 4 is 19.7 Å². The number of unbranched alkanes of at least 4 members (excludes halogenated alkanes) is 46. The number of phosphoric acid groups is 1. The van der Waals surface area contributed by atoms with E-state index in [0.29, 0.717) is 17.4 Å². The molecule has 0 saturated carbocycles. The summed E-state index contributed by atoms with van der Waals surface area (Å²) in [5.74, 6) is -0.528. The summed E-state index contributed by atoms with van der Waals surface area (Å²) in [6.45, 7) is 6.88. The summed E-state index contributed by atoms with van der Waals surface area (Å²) < 4.78 is 30.4. The highest BCUT2D eigenvalue weighted by atomic mass is 31.2. The van der Waals surface area contributed by atoms with Gasteiger partial charge in [0.25, 0.3) is 7.82 Å². The van der Waals surface area contributed by atoms with Crippen molar-refractivity contribution in [2.75, 3.05) is 40.9 Å². The van der Waals surface area contributed by atoms with Crippen LogP contribution in [0.15, 0.2) is 24.3 Å². The van der Waals surface area contributed by atoms with Crippen LogP contribution in [-0.2, 0) is 27.9 Å². The Labute approximate surface area is 492 Å². The Morgan fingerprint density at radius 3 is 1.09 bits per heavy atom. The minimum absolute atomic E-state index is 0.0193. The van der Waals surface area contributed by atoms with E-state index in [-0.39, 0.29) is 31.5 Å². The quantitative estimate of drug-likeness (QED) is 0.0212. The summed E-state index contributed by atoms with van der Waals surface area (Å²) in [5.41, 5.74) is 0. The molecule has 1 amide bonds. The second-order valence-electron chi connectivity index (χ2n) is 25.0. The number of hydrogen-bond acceptors (Lipinski definition) is 7. The third kappa shape index (κ3) is 60.9. The predicted molar refractivity (Wildman–Crippen MR) is 340 cm³/mol. The third-order valence-corrected chi connectivity index (χ3v) is 16.8. The zero-order valence-corrected chi connectivity index (χ0v) is 54.5. The number of carbonyl (C=O) groups is 2. The molecule has 0 bridgehead atoms. The normalized spacial score (nSPS) is 13.7. The van der Waals surface area contributed by atoms with Crippen LogP contribution < -0.4 is 10.2 Å². The topological polar surface area (TPSA) is 114 Å². The standard InChI is InChI=1S/C69H135N2O7P/c1-7-10-13-16-19-22-25-27-29-30-31-32-33-34-35-36-37-38-39-40-42-43-46-49-52-55-58-61-68(72)70-66(65-77-79(74,75)76-64-63-71(4,5)6)67(60-57-54-51-48-45-24-21-18-15-12-9-3)78-69(73)62-59-56-53-50-47-44-41-28-26-23-20-17-14-11-8-2/h23,26,57,60,66-67H,7-22,24-25,27-56,58-59,61-65H2,1-6H3,(H-,70,72,74,75)/b26-23-,60-57-. The first kappa shape index (κ1) is 77.5. The van der Waals surface area contributed by atoms with Gasteiger partial charge < -0.3 is 28.5 Å². The van der Waals surface area contributed by atoms with Crippen molar-refractivity contribution in [2.45, 2.75) is 367 Å². The second-order valence-corrected chi connectivity index (χ2v) is 26.5. The van der Waals surface area contributed by atoms with Crippen LogP contribution in [0.2, 0.25) is 0 Å². The molecular formula is C69H135N2O7P. The Morgan fingerprint density at radius 1 is 0.430 bits per heavy atom. The largest absolute Gasteiger partial charge is 0.756 e. The van der Waals surface area contributed by atoms with E-state index in [1.807, 2.05) is 33.3 Å². The number of carbonyl (C=O) groups excluding carboxylic acids is 2. The first-order chi connectivity index (χ1) is 38.4. The number of hydrogen-bond donors (Lipinski definition) is 1. The van der Waals surface area contributed by atoms with E-state index in [4.69, 9.17) is 13.8 Å². The minimum atomic E-state index is -4.70. The maximum absolute atomic E-state index is 13.6. The summed E-state index contributed by atoms with van der Waals surface area (Å²) in [5, 5.41) is 3.04. The molecule has 9 nitrogen and oxygen atoms in total. The predicted octanol–water partition coefficient (Wildman–Crippen LogP) is 21.0. The molecule has 1 N–H and O–H groups in total. The zero-order valence-electron chi connectivity index (χ0n) is 53.6. The van der Waals surface area contributed by atoms with Gasteiger partial charge in [0, 0.05) is 12.8 Å². The lowest BCUT2D eigenvalue weighted by Gasteiger charge is -2.30. The molecule has 3 unspecified atom stereocenters. The van der Waals surface area contributed by atoms with Crippen molar-refractivity contribution in [3.8, 4) is 0 Å². The number of quaternary nitrogens is 1. The van der Waals surface area contributed by atoms with Gasteiger partial charge in [0.2, 0.25) is 5.91 Å². The molecule has 0 saturated heterocycles. The van der Waals surface area contributed by atoms with Crippen LogP contribution >= 0.6 is 7.82 Å². The fourth-order valence-corrected chi connectivity index (χ4v) is 11.2. The highest BCUT2D eigenvalue weighted by molar-refractivity contribution is 7.45. The van der Waals surface area contributed by atoms with Crippen LogP contribution in [0.5, 0.6) is 0 Å². The highest BCUT2D eigenvalue weighted by Gasteiger charge is 2.27. The molecule has 0 radical (unpaired) electrons. The number of amides is 1. The van der Waals surface area contributed by atoms with Gasteiger partial charge >= 0.3 is 5.97 Å². The van der Waals surface area contributed by atoms with Gasteiger partial charge in [-0.15, -0.1) is 0 Å². The minimum Gasteiger partial charge on any atom is -0.756 e. The Hall–Kier alpha value is -1.51. The number of allylic oxidation sites excluding steroid dienone is 3. The van der Waals surface area contributed by atoms with E-state index >= 15 is 0 Å². The maximum atomic E-state index is 13.6. The molecule has 0 aromatic carbocycles. The van der Waals surface area contributed by atoms with Gasteiger partial charge in [-0.25, -0.2) is 0 Å². The first-order valence-corrected chi connectivity index (χ1v) is 36.1. The van der Waals surface area contributed by atoms with Crippen LogP contribution in [0.25, 0.3) is 0 Å². The molecule has 0 aliphatic heterocycles. The Kier molecular flexibility index (Phi) is 58.5. The molecule has 0 fully saturated rings. The van der Waals surface area contributed by atoms with Crippen molar-refractivity contribution in [3.63, 3.8) is 0 Å². The van der Waals surface area contributed by atoms with E-state index in [0.717, 1.165) is 70.6 Å². The van der Waals surface area contributed by atoms with Crippen molar-refractivity contribution < 1.29 is 37.3 Å². The van der Waals surface area contributed by atoms with Crippen molar-refractivity contribution in [1.82, 2.24) is 5.32 Å². The van der Waals surface area contributed by atoms with E-state index < -0.39 is 20.0 Å². The molecule has 79 heavy (non-hydrogen) atoms. The van der Waals surface area contributed by atoms with Gasteiger partial charge in [-0.05, 0) is 57.4 Å². The monoisotopic (exact) mass is 1140 g/mol. The SMILES string of the molecule is CCCCCC/C=C\CCCCCCCCCC(=O)OC(/C=C\CCCCCCCCCCC)C(COP(=O)([O-])OCC[N+](C)(C)C)NC(=O)CCCCCCCCCCCCCCCCCCCCCCCCCCCCC.